The molecular formula is C18H20N4O4. The predicted octanol–water partition coefficient (Wildman–Crippen LogP) is 1.36. The van der Waals surface area contributed by atoms with Crippen LogP contribution in [0.15, 0.2) is 24.4 Å². The van der Waals surface area contributed by atoms with Crippen LogP contribution in [0.4, 0.5) is 0 Å². The summed E-state index contributed by atoms with van der Waals surface area (Å²) in [7, 11) is 0. The maximum absolute atomic E-state index is 12.0. The smallest absolute Gasteiger partial charge is 0.325 e. The number of amides is 1. The summed E-state index contributed by atoms with van der Waals surface area (Å²) in [4.78, 5) is 30.2. The number of carbonyl (C=O) groups is 2. The third-order valence-electron chi connectivity index (χ3n) is 4.64. The molecule has 0 radical (unpaired) electrons. The zero-order chi connectivity index (χ0) is 18.7. The number of carboxylic acid groups (broad SMARTS) is 1. The van der Waals surface area contributed by atoms with Gasteiger partial charge in [0.25, 0.3) is 0 Å². The van der Waals surface area contributed by atoms with Crippen LogP contribution in [-0.4, -0.2) is 64.6 Å². The lowest BCUT2D eigenvalue weighted by molar-refractivity contribution is -0.144. The van der Waals surface area contributed by atoms with Crippen LogP contribution < -0.4 is 4.74 Å². The first-order valence-corrected chi connectivity index (χ1v) is 8.34. The van der Waals surface area contributed by atoms with E-state index in [2.05, 4.69) is 4.98 Å². The number of hydrogen-bond donors (Lipinski definition) is 2. The number of aromatic nitrogens is 1. The van der Waals surface area contributed by atoms with Gasteiger partial charge in [-0.15, -0.1) is 0 Å². The molecule has 3 rings (SSSR count). The highest BCUT2D eigenvalue weighted by Gasteiger charge is 2.32. The minimum absolute atomic E-state index is 0.00269. The van der Waals surface area contributed by atoms with Gasteiger partial charge in [-0.05, 0) is 18.2 Å². The molecule has 26 heavy (non-hydrogen) atoms. The lowest BCUT2D eigenvalue weighted by Gasteiger charge is -2.37. The Morgan fingerprint density at radius 3 is 2.69 bits per heavy atom. The third-order valence-corrected chi connectivity index (χ3v) is 4.64. The van der Waals surface area contributed by atoms with Crippen LogP contribution >= 0.6 is 0 Å². The van der Waals surface area contributed by atoms with Gasteiger partial charge in [-0.3, -0.25) is 14.5 Å². The average Bonchev–Trinajstić information content (AvgIpc) is 3.03. The molecule has 1 amide bonds. The fourth-order valence-electron chi connectivity index (χ4n) is 3.33. The van der Waals surface area contributed by atoms with Crippen LogP contribution in [0.25, 0.3) is 10.9 Å². The third kappa shape index (κ3) is 3.48. The molecule has 0 spiro atoms. The Bertz CT molecular complexity index is 862. The van der Waals surface area contributed by atoms with Gasteiger partial charge < -0.3 is 19.7 Å². The molecule has 136 valence electrons. The van der Waals surface area contributed by atoms with Crippen molar-refractivity contribution in [3.8, 4) is 11.8 Å². The normalized spacial score (nSPS) is 16.2. The molecule has 2 heterocycles. The highest BCUT2D eigenvalue weighted by Crippen LogP contribution is 2.31. The molecule has 0 saturated carbocycles. The molecule has 2 aromatic rings. The van der Waals surface area contributed by atoms with Gasteiger partial charge in [-0.25, -0.2) is 0 Å². The van der Waals surface area contributed by atoms with Gasteiger partial charge in [0, 0.05) is 55.8 Å². The second kappa shape index (κ2) is 7.45. The van der Waals surface area contributed by atoms with Gasteiger partial charge in [-0.2, -0.15) is 5.26 Å². The number of rotatable bonds is 5. The van der Waals surface area contributed by atoms with Crippen molar-refractivity contribution in [2.24, 2.45) is 0 Å². The largest absolute Gasteiger partial charge is 0.480 e. The average molecular weight is 356 g/mol. The van der Waals surface area contributed by atoms with E-state index in [4.69, 9.17) is 10.00 Å². The Balaban J connectivity index is 1.90. The number of nitrogens with zero attached hydrogens (tertiary/aromatic N) is 3. The Hall–Kier alpha value is -3.05. The van der Waals surface area contributed by atoms with Gasteiger partial charge >= 0.3 is 5.97 Å². The number of nitriles is 1. The highest BCUT2D eigenvalue weighted by molar-refractivity contribution is 5.90. The topological polar surface area (TPSA) is 110 Å². The second-order valence-corrected chi connectivity index (χ2v) is 6.18. The number of benzene rings is 1. The lowest BCUT2D eigenvalue weighted by Crippen LogP contribution is -2.50. The first-order valence-electron chi connectivity index (χ1n) is 8.34. The van der Waals surface area contributed by atoms with Crippen LogP contribution in [0.1, 0.15) is 18.5 Å². The van der Waals surface area contributed by atoms with Crippen LogP contribution in [0, 0.1) is 11.3 Å². The summed E-state index contributed by atoms with van der Waals surface area (Å²) in [5, 5.41) is 19.2. The monoisotopic (exact) mass is 356 g/mol. The molecule has 8 nitrogen and oxygen atoms in total. The molecule has 2 N–H and O–H groups in total. The zero-order valence-corrected chi connectivity index (χ0v) is 14.4. The van der Waals surface area contributed by atoms with Crippen LogP contribution in [0.5, 0.6) is 5.75 Å². The van der Waals surface area contributed by atoms with E-state index in [1.54, 1.807) is 29.3 Å². The molecule has 8 heteroatoms. The van der Waals surface area contributed by atoms with Crippen molar-refractivity contribution >= 4 is 22.8 Å². The Kier molecular flexibility index (Phi) is 5.09. The van der Waals surface area contributed by atoms with E-state index in [-0.39, 0.29) is 12.5 Å². The van der Waals surface area contributed by atoms with E-state index in [1.807, 2.05) is 11.0 Å². The van der Waals surface area contributed by atoms with E-state index < -0.39 is 12.0 Å². The number of piperazine rings is 1. The lowest BCUT2D eigenvalue weighted by atomic mass is 10.0. The molecule has 1 aromatic carbocycles. The summed E-state index contributed by atoms with van der Waals surface area (Å²) in [6.45, 7) is 3.46. The molecule has 1 fully saturated rings. The van der Waals surface area contributed by atoms with Crippen molar-refractivity contribution in [2.45, 2.75) is 13.0 Å². The van der Waals surface area contributed by atoms with E-state index in [1.165, 1.54) is 6.92 Å². The number of nitrogens with one attached hydrogen (secondary N) is 1. The Morgan fingerprint density at radius 2 is 2.08 bits per heavy atom. The standard InChI is InChI=1S/C18H20N4O4/c1-12(23)21-5-7-22(8-6-21)17(18(24)25)15-11-20-16-3-2-13(10-14(15)16)26-9-4-19/h2-3,10-11,17,20H,5-9H2,1H3,(H,24,25). The summed E-state index contributed by atoms with van der Waals surface area (Å²) in [6.07, 6.45) is 1.70. The quantitative estimate of drug-likeness (QED) is 0.837. The minimum Gasteiger partial charge on any atom is -0.480 e. The van der Waals surface area contributed by atoms with Crippen LogP contribution in [-0.2, 0) is 9.59 Å². The molecule has 0 aliphatic carbocycles. The maximum Gasteiger partial charge on any atom is 0.325 e. The number of aliphatic carboxylic acids is 1. The van der Waals surface area contributed by atoms with Crippen molar-refractivity contribution in [3.05, 3.63) is 30.0 Å². The van der Waals surface area contributed by atoms with Gasteiger partial charge in [0.2, 0.25) is 5.91 Å². The number of ether oxygens (including phenoxy) is 1. The van der Waals surface area contributed by atoms with Crippen LogP contribution in [0.2, 0.25) is 0 Å². The fraction of sp³-hybridized carbons (Fsp3) is 0.389. The summed E-state index contributed by atoms with van der Waals surface area (Å²) in [5.41, 5.74) is 1.45. The van der Waals surface area contributed by atoms with Crippen molar-refractivity contribution in [1.82, 2.24) is 14.8 Å². The summed E-state index contributed by atoms with van der Waals surface area (Å²) >= 11 is 0. The first-order chi connectivity index (χ1) is 12.5. The van der Waals surface area contributed by atoms with E-state index >= 15 is 0 Å². The fourth-order valence-corrected chi connectivity index (χ4v) is 3.33. The summed E-state index contributed by atoms with van der Waals surface area (Å²) in [6, 6.07) is 6.39. The van der Waals surface area contributed by atoms with Gasteiger partial charge in [0.1, 0.15) is 17.9 Å². The summed E-state index contributed by atoms with van der Waals surface area (Å²) < 4.78 is 5.33. The number of fused-ring (bicyclic) bond motifs is 1. The van der Waals surface area contributed by atoms with Crippen molar-refractivity contribution < 1.29 is 19.4 Å². The maximum atomic E-state index is 12.0. The van der Waals surface area contributed by atoms with Crippen molar-refractivity contribution in [1.29, 1.82) is 5.26 Å². The summed E-state index contributed by atoms with van der Waals surface area (Å²) in [5.74, 6) is -0.418. The van der Waals surface area contributed by atoms with Gasteiger partial charge in [0.15, 0.2) is 6.61 Å². The molecule has 1 atom stereocenters. The molecule has 1 aliphatic heterocycles. The van der Waals surface area contributed by atoms with E-state index in [0.29, 0.717) is 37.5 Å². The molecule has 1 saturated heterocycles. The van der Waals surface area contributed by atoms with E-state index in [0.717, 1.165) is 10.9 Å². The number of aromatic amines is 1. The molecule has 1 aromatic heterocycles. The second-order valence-electron chi connectivity index (χ2n) is 6.18. The molecule has 0 bridgehead atoms. The number of hydrogen-bond acceptors (Lipinski definition) is 5. The van der Waals surface area contributed by atoms with Gasteiger partial charge in [-0.1, -0.05) is 0 Å². The van der Waals surface area contributed by atoms with Crippen LogP contribution in [0.3, 0.4) is 0 Å². The minimum atomic E-state index is -0.939. The van der Waals surface area contributed by atoms with Crippen molar-refractivity contribution in [3.63, 3.8) is 0 Å². The van der Waals surface area contributed by atoms with E-state index in [9.17, 15) is 14.7 Å². The highest BCUT2D eigenvalue weighted by atomic mass is 16.5. The first kappa shape index (κ1) is 17.8. The Labute approximate surface area is 150 Å². The zero-order valence-electron chi connectivity index (χ0n) is 14.4. The SMILES string of the molecule is CC(=O)N1CCN(C(C(=O)O)c2c[nH]c3ccc(OCC#N)cc23)CC1. The van der Waals surface area contributed by atoms with Gasteiger partial charge in [0.05, 0.1) is 0 Å². The molecule has 1 aliphatic rings. The Morgan fingerprint density at radius 1 is 1.35 bits per heavy atom. The predicted molar refractivity (Wildman–Crippen MR) is 93.6 cm³/mol. The number of carbonyl (C=O) groups excluding carboxylic acids is 1. The molecular weight excluding hydrogens is 336 g/mol. The number of H-pyrrole nitrogens is 1. The number of carboxylic acids is 1. The van der Waals surface area contributed by atoms with Crippen molar-refractivity contribution in [2.75, 3.05) is 32.8 Å². The molecule has 1 unspecified atom stereocenters.